The summed E-state index contributed by atoms with van der Waals surface area (Å²) in [6, 6.07) is 4.73. The smallest absolute Gasteiger partial charge is 0.352 e. The highest BCUT2D eigenvalue weighted by molar-refractivity contribution is 7.07. The lowest BCUT2D eigenvalue weighted by Crippen LogP contribution is -2.14. The van der Waals surface area contributed by atoms with Gasteiger partial charge in [0.1, 0.15) is 0 Å². The van der Waals surface area contributed by atoms with Crippen molar-refractivity contribution in [1.82, 2.24) is 9.59 Å². The number of esters is 1. The molecular formula is C14H14N2O5S. The molecule has 8 heteroatoms. The van der Waals surface area contributed by atoms with Gasteiger partial charge in [-0.25, -0.2) is 4.79 Å². The van der Waals surface area contributed by atoms with Gasteiger partial charge in [-0.2, -0.15) is 0 Å². The van der Waals surface area contributed by atoms with Crippen LogP contribution in [0, 0.1) is 6.92 Å². The second-order valence-electron chi connectivity index (χ2n) is 4.26. The van der Waals surface area contributed by atoms with E-state index in [1.165, 1.54) is 20.3 Å². The Balaban J connectivity index is 2.03. The Bertz CT molecular complexity index is 698. The number of methoxy groups -OCH3 is 2. The van der Waals surface area contributed by atoms with Crippen LogP contribution in [0.5, 0.6) is 11.5 Å². The molecule has 2 aromatic rings. The van der Waals surface area contributed by atoms with Gasteiger partial charge in [0, 0.05) is 5.56 Å². The Morgan fingerprint density at radius 1 is 1.18 bits per heavy atom. The number of aryl methyl sites for hydroxylation is 1. The molecule has 1 heterocycles. The number of nitrogens with zero attached hydrogens (tertiary/aromatic N) is 2. The Kier molecular flexibility index (Phi) is 5.05. The molecule has 0 saturated carbocycles. The van der Waals surface area contributed by atoms with E-state index in [1.807, 2.05) is 0 Å². The lowest BCUT2D eigenvalue weighted by Gasteiger charge is -2.09. The fraction of sp³-hybridized carbons (Fsp3) is 0.286. The Morgan fingerprint density at radius 2 is 1.91 bits per heavy atom. The number of carbonyl (C=O) groups excluding carboxylic acids is 2. The maximum absolute atomic E-state index is 12.1. The molecule has 0 fully saturated rings. The lowest BCUT2D eigenvalue weighted by atomic mass is 10.1. The molecular weight excluding hydrogens is 308 g/mol. The van der Waals surface area contributed by atoms with E-state index in [4.69, 9.17) is 14.2 Å². The summed E-state index contributed by atoms with van der Waals surface area (Å²) >= 11 is 0.933. The molecule has 0 aliphatic carbocycles. The summed E-state index contributed by atoms with van der Waals surface area (Å²) in [5, 5.41) is 3.72. The van der Waals surface area contributed by atoms with Gasteiger partial charge in [-0.1, -0.05) is 4.49 Å². The van der Waals surface area contributed by atoms with Crippen LogP contribution in [0.2, 0.25) is 0 Å². The standard InChI is InChI=1S/C14H14N2O5S/c1-8-13(22-16-15-8)14(18)21-7-10(17)9-4-5-11(19-2)12(6-9)20-3/h4-6H,7H2,1-3H3. The molecule has 2 rings (SSSR count). The fourth-order valence-electron chi connectivity index (χ4n) is 1.71. The molecule has 116 valence electrons. The van der Waals surface area contributed by atoms with Gasteiger partial charge in [0.05, 0.1) is 19.9 Å². The SMILES string of the molecule is COc1ccc(C(=O)COC(=O)c2snnc2C)cc1OC. The molecule has 0 atom stereocenters. The molecule has 0 N–H and O–H groups in total. The number of Topliss-reactive ketones (excluding diaryl/α,β-unsaturated/α-hetero) is 1. The number of rotatable bonds is 6. The summed E-state index contributed by atoms with van der Waals surface area (Å²) in [7, 11) is 2.98. The normalized spacial score (nSPS) is 10.1. The molecule has 0 aliphatic rings. The van der Waals surface area contributed by atoms with Crippen molar-refractivity contribution in [3.63, 3.8) is 0 Å². The van der Waals surface area contributed by atoms with Gasteiger partial charge >= 0.3 is 5.97 Å². The molecule has 7 nitrogen and oxygen atoms in total. The molecule has 1 aromatic heterocycles. The summed E-state index contributed by atoms with van der Waals surface area (Å²) < 4.78 is 18.9. The minimum absolute atomic E-state index is 0.292. The van der Waals surface area contributed by atoms with E-state index in [0.717, 1.165) is 11.5 Å². The third kappa shape index (κ3) is 3.40. The highest BCUT2D eigenvalue weighted by atomic mass is 32.1. The van der Waals surface area contributed by atoms with Crippen LogP contribution in [0.3, 0.4) is 0 Å². The molecule has 0 bridgehead atoms. The van der Waals surface area contributed by atoms with E-state index in [1.54, 1.807) is 19.1 Å². The van der Waals surface area contributed by atoms with Crippen molar-refractivity contribution in [3.05, 3.63) is 34.3 Å². The van der Waals surface area contributed by atoms with Crippen molar-refractivity contribution in [2.45, 2.75) is 6.92 Å². The second-order valence-corrected chi connectivity index (χ2v) is 5.01. The topological polar surface area (TPSA) is 87.6 Å². The molecule has 0 amide bonds. The Labute approximate surface area is 131 Å². The molecule has 1 aromatic carbocycles. The van der Waals surface area contributed by atoms with Crippen LogP contribution in [0.1, 0.15) is 25.7 Å². The highest BCUT2D eigenvalue weighted by Crippen LogP contribution is 2.27. The third-order valence-electron chi connectivity index (χ3n) is 2.88. The first-order valence-corrected chi connectivity index (χ1v) is 7.05. The predicted molar refractivity (Wildman–Crippen MR) is 78.8 cm³/mol. The van der Waals surface area contributed by atoms with E-state index >= 15 is 0 Å². The van der Waals surface area contributed by atoms with Crippen LogP contribution in [0.15, 0.2) is 18.2 Å². The average molecular weight is 322 g/mol. The van der Waals surface area contributed by atoms with Crippen LogP contribution in [0.4, 0.5) is 0 Å². The van der Waals surface area contributed by atoms with Crippen LogP contribution >= 0.6 is 11.5 Å². The monoisotopic (exact) mass is 322 g/mol. The number of benzene rings is 1. The van der Waals surface area contributed by atoms with E-state index in [2.05, 4.69) is 9.59 Å². The highest BCUT2D eigenvalue weighted by Gasteiger charge is 2.17. The Hall–Kier alpha value is -2.48. The fourth-order valence-corrected chi connectivity index (χ4v) is 2.26. The van der Waals surface area contributed by atoms with Gasteiger partial charge in [0.2, 0.25) is 0 Å². The zero-order valence-corrected chi connectivity index (χ0v) is 13.1. The zero-order valence-electron chi connectivity index (χ0n) is 12.3. The summed E-state index contributed by atoms with van der Waals surface area (Å²) in [5.41, 5.74) is 0.846. The summed E-state index contributed by atoms with van der Waals surface area (Å²) in [5.74, 6) is -0.00432. The molecule has 0 aliphatic heterocycles. The van der Waals surface area contributed by atoms with Crippen molar-refractivity contribution in [1.29, 1.82) is 0 Å². The van der Waals surface area contributed by atoms with Crippen molar-refractivity contribution in [2.75, 3.05) is 20.8 Å². The third-order valence-corrected chi connectivity index (χ3v) is 3.68. The van der Waals surface area contributed by atoms with E-state index in [0.29, 0.717) is 27.6 Å². The van der Waals surface area contributed by atoms with Gasteiger partial charge in [-0.3, -0.25) is 4.79 Å². The van der Waals surface area contributed by atoms with Gasteiger partial charge < -0.3 is 14.2 Å². The van der Waals surface area contributed by atoms with E-state index < -0.39 is 5.97 Å². The van der Waals surface area contributed by atoms with Crippen molar-refractivity contribution < 1.29 is 23.8 Å². The van der Waals surface area contributed by atoms with Crippen molar-refractivity contribution >= 4 is 23.3 Å². The van der Waals surface area contributed by atoms with Gasteiger partial charge in [0.15, 0.2) is 28.8 Å². The number of hydrogen-bond donors (Lipinski definition) is 0. The first-order chi connectivity index (χ1) is 10.6. The van der Waals surface area contributed by atoms with Crippen molar-refractivity contribution in [2.24, 2.45) is 0 Å². The lowest BCUT2D eigenvalue weighted by molar-refractivity contribution is 0.0478. The first-order valence-electron chi connectivity index (χ1n) is 6.28. The summed E-state index contributed by atoms with van der Waals surface area (Å²) in [6.07, 6.45) is 0. The minimum Gasteiger partial charge on any atom is -0.493 e. The molecule has 0 saturated heterocycles. The summed E-state index contributed by atoms with van der Waals surface area (Å²) in [4.78, 5) is 24.2. The molecule has 22 heavy (non-hydrogen) atoms. The largest absolute Gasteiger partial charge is 0.493 e. The average Bonchev–Trinajstić information content (AvgIpc) is 2.97. The van der Waals surface area contributed by atoms with E-state index in [-0.39, 0.29) is 12.4 Å². The van der Waals surface area contributed by atoms with E-state index in [9.17, 15) is 9.59 Å². The number of carbonyl (C=O) groups is 2. The Morgan fingerprint density at radius 3 is 2.50 bits per heavy atom. The zero-order chi connectivity index (χ0) is 16.1. The minimum atomic E-state index is -0.610. The second kappa shape index (κ2) is 6.99. The van der Waals surface area contributed by atoms with Gasteiger partial charge in [-0.05, 0) is 36.7 Å². The maximum Gasteiger partial charge on any atom is 0.352 e. The summed E-state index contributed by atoms with van der Waals surface area (Å²) in [6.45, 7) is 1.28. The number of ether oxygens (including phenoxy) is 3. The maximum atomic E-state index is 12.1. The molecule has 0 spiro atoms. The predicted octanol–water partition coefficient (Wildman–Crippen LogP) is 1.90. The van der Waals surface area contributed by atoms with Gasteiger partial charge in [-0.15, -0.1) is 5.10 Å². The number of aromatic nitrogens is 2. The van der Waals surface area contributed by atoms with Crippen LogP contribution in [-0.4, -0.2) is 42.2 Å². The van der Waals surface area contributed by atoms with Crippen molar-refractivity contribution in [3.8, 4) is 11.5 Å². The van der Waals surface area contributed by atoms with Crippen LogP contribution in [-0.2, 0) is 4.74 Å². The number of ketones is 1. The van der Waals surface area contributed by atoms with Crippen LogP contribution in [0.25, 0.3) is 0 Å². The number of hydrogen-bond acceptors (Lipinski definition) is 8. The van der Waals surface area contributed by atoms with Gasteiger partial charge in [0.25, 0.3) is 0 Å². The first kappa shape index (κ1) is 15.9. The molecule has 0 radical (unpaired) electrons. The van der Waals surface area contributed by atoms with Crippen LogP contribution < -0.4 is 9.47 Å². The molecule has 0 unspecified atom stereocenters. The quantitative estimate of drug-likeness (QED) is 0.593.